The minimum Gasteiger partial charge on any atom is -0.382 e. The average molecular weight is 277 g/mol. The van der Waals surface area contributed by atoms with Crippen LogP contribution in [-0.4, -0.2) is 23.8 Å². The second-order valence-corrected chi connectivity index (χ2v) is 6.28. The third-order valence-electron chi connectivity index (χ3n) is 3.85. The van der Waals surface area contributed by atoms with Gasteiger partial charge in [-0.3, -0.25) is 4.79 Å². The largest absolute Gasteiger partial charge is 0.382 e. The maximum Gasteiger partial charge on any atom is 0.133 e. The van der Waals surface area contributed by atoms with Crippen molar-refractivity contribution in [3.8, 4) is 0 Å². The highest BCUT2D eigenvalue weighted by molar-refractivity contribution is 7.98. The number of hydrogen-bond acceptors (Lipinski definition) is 3. The van der Waals surface area contributed by atoms with Crippen LogP contribution in [0.5, 0.6) is 0 Å². The van der Waals surface area contributed by atoms with Crippen LogP contribution in [0.15, 0.2) is 30.3 Å². The normalized spacial score (nSPS) is 21.1. The molecule has 1 aromatic carbocycles. The number of nitrogens with one attached hydrogen (secondary N) is 1. The summed E-state index contributed by atoms with van der Waals surface area (Å²) in [4.78, 5) is 11.7. The van der Waals surface area contributed by atoms with Crippen LogP contribution in [0.4, 0.5) is 5.69 Å². The molecule has 0 saturated heterocycles. The molecule has 2 nitrogen and oxygen atoms in total. The molecule has 1 fully saturated rings. The molecule has 0 bridgehead atoms. The number of benzene rings is 1. The first kappa shape index (κ1) is 14.4. The van der Waals surface area contributed by atoms with Gasteiger partial charge in [-0.1, -0.05) is 18.2 Å². The summed E-state index contributed by atoms with van der Waals surface area (Å²) in [5.41, 5.74) is 1.17. The Hall–Kier alpha value is -0.960. The predicted octanol–water partition coefficient (Wildman–Crippen LogP) is 3.98. The van der Waals surface area contributed by atoms with Crippen molar-refractivity contribution < 1.29 is 4.79 Å². The lowest BCUT2D eigenvalue weighted by molar-refractivity contribution is -0.121. The predicted molar refractivity (Wildman–Crippen MR) is 83.8 cm³/mol. The van der Waals surface area contributed by atoms with Gasteiger partial charge in [0.2, 0.25) is 0 Å². The van der Waals surface area contributed by atoms with Crippen molar-refractivity contribution in [2.24, 2.45) is 5.92 Å². The van der Waals surface area contributed by atoms with Crippen LogP contribution < -0.4 is 5.32 Å². The third-order valence-corrected chi connectivity index (χ3v) is 4.49. The van der Waals surface area contributed by atoms with E-state index in [9.17, 15) is 4.79 Å². The fourth-order valence-electron chi connectivity index (χ4n) is 2.82. The van der Waals surface area contributed by atoms with Gasteiger partial charge in [-0.05, 0) is 49.3 Å². The highest BCUT2D eigenvalue weighted by Gasteiger charge is 2.26. The van der Waals surface area contributed by atoms with Crippen LogP contribution in [0.1, 0.15) is 32.1 Å². The van der Waals surface area contributed by atoms with Crippen molar-refractivity contribution in [1.82, 2.24) is 0 Å². The Morgan fingerprint density at radius 3 is 2.84 bits per heavy atom. The molecular weight excluding hydrogens is 254 g/mol. The molecule has 0 aliphatic heterocycles. The summed E-state index contributed by atoms with van der Waals surface area (Å²) >= 11 is 1.88. The van der Waals surface area contributed by atoms with Gasteiger partial charge in [0, 0.05) is 24.6 Å². The number of carbonyl (C=O) groups is 1. The maximum absolute atomic E-state index is 11.7. The van der Waals surface area contributed by atoms with E-state index in [4.69, 9.17) is 0 Å². The van der Waals surface area contributed by atoms with E-state index in [0.717, 1.165) is 31.4 Å². The molecule has 0 spiro atoms. The fourth-order valence-corrected chi connectivity index (χ4v) is 3.31. The summed E-state index contributed by atoms with van der Waals surface area (Å²) in [5, 5.41) is 3.64. The first-order valence-electron chi connectivity index (χ1n) is 7.12. The summed E-state index contributed by atoms with van der Waals surface area (Å²) in [6.45, 7) is 0. The van der Waals surface area contributed by atoms with Crippen LogP contribution in [0, 0.1) is 5.92 Å². The molecule has 2 unspecified atom stereocenters. The molecular formula is C16H23NOS. The smallest absolute Gasteiger partial charge is 0.133 e. The minimum atomic E-state index is 0.430. The van der Waals surface area contributed by atoms with Crippen molar-refractivity contribution in [3.63, 3.8) is 0 Å². The number of para-hydroxylation sites is 1. The zero-order chi connectivity index (χ0) is 13.5. The van der Waals surface area contributed by atoms with Gasteiger partial charge in [0.25, 0.3) is 0 Å². The van der Waals surface area contributed by atoms with Crippen LogP contribution in [0.2, 0.25) is 0 Å². The molecule has 1 aromatic rings. The third kappa shape index (κ3) is 4.57. The zero-order valence-electron chi connectivity index (χ0n) is 11.6. The van der Waals surface area contributed by atoms with Crippen LogP contribution >= 0.6 is 11.8 Å². The maximum atomic E-state index is 11.7. The number of thioether (sulfide) groups is 1. The van der Waals surface area contributed by atoms with Crippen molar-refractivity contribution in [2.75, 3.05) is 17.3 Å². The Morgan fingerprint density at radius 1 is 1.37 bits per heavy atom. The SMILES string of the molecule is CSCCC(Nc1ccccc1)C1CCCC(=O)C1. The molecule has 19 heavy (non-hydrogen) atoms. The topological polar surface area (TPSA) is 29.1 Å². The van der Waals surface area contributed by atoms with Crippen molar-refractivity contribution in [2.45, 2.75) is 38.1 Å². The molecule has 1 N–H and O–H groups in total. The first-order valence-corrected chi connectivity index (χ1v) is 8.51. The molecule has 0 heterocycles. The Kier molecular flexibility index (Phi) is 5.77. The average Bonchev–Trinajstić information content (AvgIpc) is 2.44. The van der Waals surface area contributed by atoms with E-state index >= 15 is 0 Å². The Balaban J connectivity index is 2.00. The van der Waals surface area contributed by atoms with Gasteiger partial charge in [0.05, 0.1) is 0 Å². The van der Waals surface area contributed by atoms with Gasteiger partial charge in [-0.15, -0.1) is 0 Å². The molecule has 104 valence electrons. The number of hydrogen-bond donors (Lipinski definition) is 1. The van der Waals surface area contributed by atoms with Crippen LogP contribution in [0.3, 0.4) is 0 Å². The number of ketones is 1. The lowest BCUT2D eigenvalue weighted by atomic mass is 9.82. The first-order chi connectivity index (χ1) is 9.29. The Morgan fingerprint density at radius 2 is 2.16 bits per heavy atom. The second kappa shape index (κ2) is 7.59. The fraction of sp³-hybridized carbons (Fsp3) is 0.562. The van der Waals surface area contributed by atoms with Gasteiger partial charge in [0.15, 0.2) is 0 Å². The summed E-state index contributed by atoms with van der Waals surface area (Å²) in [6, 6.07) is 10.8. The number of Topliss-reactive ketones (excluding diaryl/α,β-unsaturated/α-hetero) is 1. The highest BCUT2D eigenvalue weighted by Crippen LogP contribution is 2.28. The standard InChI is InChI=1S/C16H23NOS/c1-19-11-10-16(13-6-5-9-15(18)12-13)17-14-7-3-2-4-8-14/h2-4,7-8,13,16-17H,5-6,9-12H2,1H3. The van der Waals surface area contributed by atoms with Crippen molar-refractivity contribution >= 4 is 23.2 Å². The molecule has 1 aliphatic carbocycles. The summed E-state index contributed by atoms with van der Waals surface area (Å²) in [6.07, 6.45) is 7.08. The van der Waals surface area contributed by atoms with Gasteiger partial charge in [-0.2, -0.15) is 11.8 Å². The van der Waals surface area contributed by atoms with Gasteiger partial charge < -0.3 is 5.32 Å². The van der Waals surface area contributed by atoms with E-state index < -0.39 is 0 Å². The Bertz CT molecular complexity index is 393. The summed E-state index contributed by atoms with van der Waals surface area (Å²) < 4.78 is 0. The zero-order valence-corrected chi connectivity index (χ0v) is 12.4. The molecule has 0 aromatic heterocycles. The van der Waals surface area contributed by atoms with Crippen LogP contribution in [-0.2, 0) is 4.79 Å². The molecule has 1 aliphatic rings. The lowest BCUT2D eigenvalue weighted by Gasteiger charge is -2.31. The van der Waals surface area contributed by atoms with E-state index in [0.29, 0.717) is 17.7 Å². The number of anilines is 1. The van der Waals surface area contributed by atoms with E-state index in [1.165, 1.54) is 12.1 Å². The van der Waals surface area contributed by atoms with Crippen LogP contribution in [0.25, 0.3) is 0 Å². The van der Waals surface area contributed by atoms with Crippen molar-refractivity contribution in [3.05, 3.63) is 30.3 Å². The van der Waals surface area contributed by atoms with Gasteiger partial charge in [0.1, 0.15) is 5.78 Å². The van der Waals surface area contributed by atoms with E-state index in [2.05, 4.69) is 35.8 Å². The lowest BCUT2D eigenvalue weighted by Crippen LogP contribution is -2.33. The summed E-state index contributed by atoms with van der Waals surface area (Å²) in [7, 11) is 0. The minimum absolute atomic E-state index is 0.430. The molecule has 1 saturated carbocycles. The molecule has 0 amide bonds. The molecule has 2 rings (SSSR count). The van der Waals surface area contributed by atoms with Crippen molar-refractivity contribution in [1.29, 1.82) is 0 Å². The van der Waals surface area contributed by atoms with Gasteiger partial charge >= 0.3 is 0 Å². The second-order valence-electron chi connectivity index (χ2n) is 5.29. The monoisotopic (exact) mass is 277 g/mol. The molecule has 0 radical (unpaired) electrons. The van der Waals surface area contributed by atoms with E-state index in [1.807, 2.05) is 17.8 Å². The van der Waals surface area contributed by atoms with Gasteiger partial charge in [-0.25, -0.2) is 0 Å². The number of carbonyl (C=O) groups excluding carboxylic acids is 1. The van der Waals surface area contributed by atoms with E-state index in [1.54, 1.807) is 0 Å². The molecule has 3 heteroatoms. The molecule has 2 atom stereocenters. The quantitative estimate of drug-likeness (QED) is 0.852. The number of rotatable bonds is 6. The highest BCUT2D eigenvalue weighted by atomic mass is 32.2. The Labute approximate surface area is 120 Å². The summed E-state index contributed by atoms with van der Waals surface area (Å²) in [5.74, 6) is 2.10. The van der Waals surface area contributed by atoms with E-state index in [-0.39, 0.29) is 0 Å².